The number of carbonyl (C=O) groups is 1. The van der Waals surface area contributed by atoms with Gasteiger partial charge in [-0.15, -0.1) is 0 Å². The molecule has 0 aliphatic rings. The van der Waals surface area contributed by atoms with Crippen molar-refractivity contribution in [3.8, 4) is 0 Å². The summed E-state index contributed by atoms with van der Waals surface area (Å²) in [4.78, 5) is 14.2. The third-order valence-corrected chi connectivity index (χ3v) is 8.64. The van der Waals surface area contributed by atoms with E-state index in [0.29, 0.717) is 0 Å². The molecule has 0 aliphatic carbocycles. The van der Waals surface area contributed by atoms with Crippen LogP contribution in [0.3, 0.4) is 0 Å². The molecule has 40 heavy (non-hydrogen) atoms. The molecule has 0 aromatic rings. The molecule has 0 rings (SSSR count). The van der Waals surface area contributed by atoms with E-state index in [1.54, 1.807) is 0 Å². The van der Waals surface area contributed by atoms with Crippen LogP contribution in [0.15, 0.2) is 0 Å². The first-order valence-electron chi connectivity index (χ1n) is 18.1. The van der Waals surface area contributed by atoms with Crippen molar-refractivity contribution >= 4 is 5.97 Å². The van der Waals surface area contributed by atoms with Gasteiger partial charge in [-0.2, -0.15) is 0 Å². The molecule has 0 spiro atoms. The Bertz CT molecular complexity index is 457. The Labute approximate surface area is 265 Å². The molecule has 0 aliphatic heterocycles. The summed E-state index contributed by atoms with van der Waals surface area (Å²) in [6, 6.07) is -0.389. The topological polar surface area (TPSA) is 43.4 Å². The molecule has 0 bridgehead atoms. The van der Waals surface area contributed by atoms with Gasteiger partial charge in [0.2, 0.25) is 0 Å². The molecular formula is C36H72LiNO2. The number of carbonyl (C=O) groups excluding carboxylic acids is 1. The molecule has 234 valence electrons. The number of unbranched alkanes of at least 4 members (excludes halogenated alkanes) is 25. The number of rotatable bonds is 33. The van der Waals surface area contributed by atoms with Crippen molar-refractivity contribution in [1.29, 1.82) is 0 Å². The van der Waals surface area contributed by atoms with E-state index in [0.717, 1.165) is 45.2 Å². The molecule has 3 nitrogen and oxygen atoms in total. The van der Waals surface area contributed by atoms with Crippen LogP contribution in [0, 0.1) is 0 Å². The first-order chi connectivity index (χ1) is 19.2. The summed E-state index contributed by atoms with van der Waals surface area (Å²) in [5.74, 6) is -0.854. The van der Waals surface area contributed by atoms with Gasteiger partial charge in [-0.3, -0.25) is 4.90 Å². The van der Waals surface area contributed by atoms with E-state index in [4.69, 9.17) is 0 Å². The first-order valence-corrected chi connectivity index (χ1v) is 18.1. The van der Waals surface area contributed by atoms with Crippen molar-refractivity contribution in [3.05, 3.63) is 0 Å². The number of hydrogen-bond donors (Lipinski definition) is 0. The van der Waals surface area contributed by atoms with E-state index in [1.807, 2.05) is 0 Å². The number of nitrogens with zero attached hydrogens (tertiary/aromatic N) is 1. The SMILES string of the molecule is CCCCCCCCCCCCCCCN(CCCCCCCCCCCCCCC)C(CCCC)C(=O)[O-].[Li+]. The predicted octanol–water partition coefficient (Wildman–Crippen LogP) is 7.78. The Morgan fingerprint density at radius 2 is 0.700 bits per heavy atom. The summed E-state index contributed by atoms with van der Waals surface area (Å²) in [7, 11) is 0. The first kappa shape index (κ1) is 42.2. The van der Waals surface area contributed by atoms with Crippen LogP contribution in [0.25, 0.3) is 0 Å². The number of carboxylic acid groups (broad SMARTS) is 1. The van der Waals surface area contributed by atoms with Crippen LogP contribution in [0.1, 0.15) is 207 Å². The maximum Gasteiger partial charge on any atom is 1.00 e. The Morgan fingerprint density at radius 3 is 0.950 bits per heavy atom. The fourth-order valence-corrected chi connectivity index (χ4v) is 5.94. The monoisotopic (exact) mass is 558 g/mol. The molecule has 0 fully saturated rings. The maximum absolute atomic E-state index is 12.0. The third-order valence-electron chi connectivity index (χ3n) is 8.64. The normalized spacial score (nSPS) is 12.1. The molecule has 0 amide bonds. The second-order valence-electron chi connectivity index (χ2n) is 12.5. The van der Waals surface area contributed by atoms with E-state index in [1.165, 1.54) is 154 Å². The molecule has 0 aromatic carbocycles. The molecule has 0 heterocycles. The van der Waals surface area contributed by atoms with E-state index >= 15 is 0 Å². The minimum Gasteiger partial charge on any atom is -0.548 e. The fraction of sp³-hybridized carbons (Fsp3) is 0.972. The number of aliphatic carboxylic acids is 1. The van der Waals surface area contributed by atoms with Crippen LogP contribution in [-0.4, -0.2) is 30.0 Å². The summed E-state index contributed by atoms with van der Waals surface area (Å²) in [6.45, 7) is 8.57. The minimum atomic E-state index is -0.854. The van der Waals surface area contributed by atoms with Gasteiger partial charge in [-0.1, -0.05) is 188 Å². The molecular weight excluding hydrogens is 485 g/mol. The maximum atomic E-state index is 12.0. The van der Waals surface area contributed by atoms with Gasteiger partial charge in [0, 0.05) is 6.04 Å². The second-order valence-corrected chi connectivity index (χ2v) is 12.5. The van der Waals surface area contributed by atoms with Gasteiger partial charge in [0.15, 0.2) is 0 Å². The Hall–Kier alpha value is 0.0274. The zero-order valence-corrected chi connectivity index (χ0v) is 28.3. The average molecular weight is 558 g/mol. The largest absolute Gasteiger partial charge is 1.00 e. The molecule has 0 saturated carbocycles. The van der Waals surface area contributed by atoms with Crippen LogP contribution < -0.4 is 24.0 Å². The van der Waals surface area contributed by atoms with Crippen LogP contribution >= 0.6 is 0 Å². The summed E-state index contributed by atoms with van der Waals surface area (Å²) in [5.41, 5.74) is 0. The van der Waals surface area contributed by atoms with Crippen LogP contribution in [0.5, 0.6) is 0 Å². The molecule has 0 N–H and O–H groups in total. The van der Waals surface area contributed by atoms with Crippen molar-refractivity contribution < 1.29 is 28.8 Å². The third kappa shape index (κ3) is 29.5. The number of hydrogen-bond acceptors (Lipinski definition) is 3. The Kier molecular flexibility index (Phi) is 37.1. The molecule has 1 atom stereocenters. The van der Waals surface area contributed by atoms with Gasteiger partial charge in [0.05, 0.1) is 5.97 Å². The summed E-state index contributed by atoms with van der Waals surface area (Å²) >= 11 is 0. The predicted molar refractivity (Wildman–Crippen MR) is 171 cm³/mol. The van der Waals surface area contributed by atoms with Gasteiger partial charge in [-0.05, 0) is 32.4 Å². The van der Waals surface area contributed by atoms with E-state index in [9.17, 15) is 9.90 Å². The standard InChI is InChI=1S/C36H73NO2.Li/c1-4-7-10-12-14-16-18-20-22-24-26-28-30-33-37(35(36(38)39)32-9-6-3)34-31-29-27-25-23-21-19-17-15-13-11-8-5-2;/h35H,4-34H2,1-3H3,(H,38,39);/q;+1/p-1. The van der Waals surface area contributed by atoms with Gasteiger partial charge < -0.3 is 9.90 Å². The van der Waals surface area contributed by atoms with Crippen LogP contribution in [0.2, 0.25) is 0 Å². The van der Waals surface area contributed by atoms with Crippen LogP contribution in [-0.2, 0) is 4.79 Å². The molecule has 0 saturated heterocycles. The van der Waals surface area contributed by atoms with Crippen molar-refractivity contribution in [2.75, 3.05) is 13.1 Å². The zero-order chi connectivity index (χ0) is 28.7. The van der Waals surface area contributed by atoms with Gasteiger partial charge in [0.25, 0.3) is 0 Å². The van der Waals surface area contributed by atoms with Crippen LogP contribution in [0.4, 0.5) is 0 Å². The zero-order valence-electron chi connectivity index (χ0n) is 28.3. The smallest absolute Gasteiger partial charge is 0.548 e. The van der Waals surface area contributed by atoms with Crippen molar-refractivity contribution in [3.63, 3.8) is 0 Å². The summed E-state index contributed by atoms with van der Waals surface area (Å²) in [5, 5.41) is 12.0. The molecule has 0 radical (unpaired) electrons. The van der Waals surface area contributed by atoms with Gasteiger partial charge in [0.1, 0.15) is 0 Å². The molecule has 4 heteroatoms. The van der Waals surface area contributed by atoms with Gasteiger partial charge in [-0.25, -0.2) is 0 Å². The molecule has 1 unspecified atom stereocenters. The average Bonchev–Trinajstić information content (AvgIpc) is 2.93. The number of carboxylic acids is 1. The van der Waals surface area contributed by atoms with Crippen molar-refractivity contribution in [1.82, 2.24) is 4.90 Å². The van der Waals surface area contributed by atoms with E-state index in [2.05, 4.69) is 25.7 Å². The quantitative estimate of drug-likeness (QED) is 0.0611. The fourth-order valence-electron chi connectivity index (χ4n) is 5.94. The molecule has 0 aromatic heterocycles. The second kappa shape index (κ2) is 35.2. The summed E-state index contributed by atoms with van der Waals surface area (Å²) in [6.07, 6.45) is 38.0. The Morgan fingerprint density at radius 1 is 0.450 bits per heavy atom. The van der Waals surface area contributed by atoms with E-state index in [-0.39, 0.29) is 24.9 Å². The Balaban J connectivity index is 0. The van der Waals surface area contributed by atoms with Crippen molar-refractivity contribution in [2.45, 2.75) is 213 Å². The summed E-state index contributed by atoms with van der Waals surface area (Å²) < 4.78 is 0. The van der Waals surface area contributed by atoms with E-state index < -0.39 is 5.97 Å². The van der Waals surface area contributed by atoms with Gasteiger partial charge >= 0.3 is 18.9 Å². The minimum absolute atomic E-state index is 0. The van der Waals surface area contributed by atoms with Crippen molar-refractivity contribution in [2.24, 2.45) is 0 Å².